The van der Waals surface area contributed by atoms with Crippen LogP contribution in [0.3, 0.4) is 0 Å². The monoisotopic (exact) mass is 403 g/mol. The summed E-state index contributed by atoms with van der Waals surface area (Å²) in [6.07, 6.45) is 6.06. The maximum Gasteiger partial charge on any atom is 0.225 e. The number of carbonyl (C=O) groups excluding carboxylic acids is 1. The molecular formula is C20H33N7O2. The molecule has 2 aliphatic heterocycles. The van der Waals surface area contributed by atoms with Crippen molar-refractivity contribution in [2.45, 2.75) is 38.7 Å². The van der Waals surface area contributed by atoms with Crippen molar-refractivity contribution in [2.24, 2.45) is 4.99 Å². The van der Waals surface area contributed by atoms with Crippen molar-refractivity contribution < 1.29 is 9.53 Å². The molecule has 1 aromatic rings. The predicted molar refractivity (Wildman–Crippen MR) is 113 cm³/mol. The zero-order valence-corrected chi connectivity index (χ0v) is 17.6. The molecule has 2 N–H and O–H groups in total. The van der Waals surface area contributed by atoms with Gasteiger partial charge in [0.25, 0.3) is 0 Å². The van der Waals surface area contributed by atoms with E-state index < -0.39 is 0 Å². The first-order chi connectivity index (χ1) is 14.1. The molecule has 2 aliphatic rings. The zero-order valence-electron chi connectivity index (χ0n) is 17.6. The smallest absolute Gasteiger partial charge is 0.225 e. The number of ether oxygens (including phenoxy) is 1. The van der Waals surface area contributed by atoms with E-state index in [4.69, 9.17) is 4.74 Å². The second-order valence-electron chi connectivity index (χ2n) is 7.69. The van der Waals surface area contributed by atoms with Crippen LogP contribution in [0.25, 0.3) is 0 Å². The second kappa shape index (κ2) is 10.4. The van der Waals surface area contributed by atoms with Gasteiger partial charge in [-0.3, -0.25) is 9.79 Å². The largest absolute Gasteiger partial charge is 0.373 e. The van der Waals surface area contributed by atoms with Crippen molar-refractivity contribution in [2.75, 3.05) is 57.3 Å². The molecule has 160 valence electrons. The van der Waals surface area contributed by atoms with E-state index >= 15 is 0 Å². The third-order valence-corrected chi connectivity index (χ3v) is 5.32. The molecule has 3 heterocycles. The highest BCUT2D eigenvalue weighted by atomic mass is 16.5. The van der Waals surface area contributed by atoms with E-state index in [1.807, 2.05) is 17.9 Å². The molecule has 2 saturated heterocycles. The molecule has 3 rings (SSSR count). The summed E-state index contributed by atoms with van der Waals surface area (Å²) in [4.78, 5) is 29.8. The Bertz CT molecular complexity index is 669. The van der Waals surface area contributed by atoms with Crippen molar-refractivity contribution in [3.8, 4) is 0 Å². The summed E-state index contributed by atoms with van der Waals surface area (Å²) in [6.45, 7) is 9.82. The lowest BCUT2D eigenvalue weighted by Crippen LogP contribution is -2.50. The first kappa shape index (κ1) is 21.3. The fourth-order valence-corrected chi connectivity index (χ4v) is 3.61. The lowest BCUT2D eigenvalue weighted by molar-refractivity contribution is -0.131. The van der Waals surface area contributed by atoms with E-state index in [2.05, 4.69) is 37.4 Å². The quantitative estimate of drug-likeness (QED) is 0.510. The van der Waals surface area contributed by atoms with Gasteiger partial charge in [-0.25, -0.2) is 9.97 Å². The van der Waals surface area contributed by atoms with Gasteiger partial charge in [-0.2, -0.15) is 0 Å². The molecule has 9 nitrogen and oxygen atoms in total. The van der Waals surface area contributed by atoms with E-state index in [-0.39, 0.29) is 11.5 Å². The number of aromatic nitrogens is 2. The molecule has 1 unspecified atom stereocenters. The normalized spacial score (nSPS) is 22.6. The second-order valence-corrected chi connectivity index (χ2v) is 7.69. The van der Waals surface area contributed by atoms with E-state index in [9.17, 15) is 4.79 Å². The molecule has 2 fully saturated rings. The summed E-state index contributed by atoms with van der Waals surface area (Å²) in [5, 5.41) is 6.51. The van der Waals surface area contributed by atoms with Crippen molar-refractivity contribution in [3.63, 3.8) is 0 Å². The topological polar surface area (TPSA) is 95.0 Å². The van der Waals surface area contributed by atoms with Crippen LogP contribution in [0.2, 0.25) is 0 Å². The van der Waals surface area contributed by atoms with E-state index in [0.29, 0.717) is 32.6 Å². The van der Waals surface area contributed by atoms with Crippen LogP contribution in [-0.4, -0.2) is 84.8 Å². The van der Waals surface area contributed by atoms with Gasteiger partial charge in [-0.05, 0) is 32.8 Å². The fourth-order valence-electron chi connectivity index (χ4n) is 3.61. The number of rotatable bonds is 7. The fraction of sp³-hybridized carbons (Fsp3) is 0.700. The number of anilines is 1. The third kappa shape index (κ3) is 6.28. The Hall–Kier alpha value is -2.42. The molecule has 0 aromatic carbocycles. The highest BCUT2D eigenvalue weighted by Crippen LogP contribution is 2.24. The van der Waals surface area contributed by atoms with Crippen LogP contribution in [-0.2, 0) is 9.53 Å². The first-order valence-electron chi connectivity index (χ1n) is 10.6. The van der Waals surface area contributed by atoms with Crippen LogP contribution < -0.4 is 15.5 Å². The Kier molecular flexibility index (Phi) is 7.62. The number of nitrogens with zero attached hydrogens (tertiary/aromatic N) is 5. The van der Waals surface area contributed by atoms with E-state index in [0.717, 1.165) is 51.0 Å². The summed E-state index contributed by atoms with van der Waals surface area (Å²) in [7, 11) is 0. The van der Waals surface area contributed by atoms with Crippen LogP contribution >= 0.6 is 0 Å². The van der Waals surface area contributed by atoms with Crippen molar-refractivity contribution in [1.29, 1.82) is 0 Å². The van der Waals surface area contributed by atoms with Gasteiger partial charge in [0, 0.05) is 64.7 Å². The number of amides is 1. The molecule has 0 saturated carbocycles. The maximum absolute atomic E-state index is 12.6. The molecule has 0 bridgehead atoms. The van der Waals surface area contributed by atoms with Crippen LogP contribution in [0.4, 0.5) is 5.95 Å². The lowest BCUT2D eigenvalue weighted by atomic mass is 10.0. The van der Waals surface area contributed by atoms with Gasteiger partial charge >= 0.3 is 0 Å². The molecule has 0 radical (unpaired) electrons. The molecule has 0 spiro atoms. The molecular weight excluding hydrogens is 370 g/mol. The Balaban J connectivity index is 1.40. The maximum atomic E-state index is 12.6. The minimum absolute atomic E-state index is 0.160. The van der Waals surface area contributed by atoms with Crippen LogP contribution in [0, 0.1) is 0 Å². The van der Waals surface area contributed by atoms with Gasteiger partial charge < -0.3 is 25.2 Å². The summed E-state index contributed by atoms with van der Waals surface area (Å²) >= 11 is 0. The standard InChI is InChI=1S/C20H33N7O2/c1-3-21-18(25-16-20(2)7-4-15-29-20)22-10-6-17(28)26-11-13-27(14-12-26)19-23-8-5-9-24-19/h5,8-9H,3-4,6-7,10-16H2,1-2H3,(H2,21,22,25). The number of guanidine groups is 1. The number of aliphatic imine (C=N–C) groups is 1. The van der Waals surface area contributed by atoms with Gasteiger partial charge in [-0.1, -0.05) is 0 Å². The molecule has 0 aliphatic carbocycles. The predicted octanol–water partition coefficient (Wildman–Crippen LogP) is 0.640. The third-order valence-electron chi connectivity index (χ3n) is 5.32. The van der Waals surface area contributed by atoms with Crippen LogP contribution in [0.5, 0.6) is 0 Å². The van der Waals surface area contributed by atoms with Crippen molar-refractivity contribution in [1.82, 2.24) is 25.5 Å². The number of nitrogens with one attached hydrogen (secondary N) is 2. The summed E-state index contributed by atoms with van der Waals surface area (Å²) in [5.41, 5.74) is -0.166. The van der Waals surface area contributed by atoms with Gasteiger partial charge in [0.15, 0.2) is 5.96 Å². The average molecular weight is 404 g/mol. The number of hydrogen-bond acceptors (Lipinski definition) is 6. The lowest BCUT2D eigenvalue weighted by Gasteiger charge is -2.34. The highest BCUT2D eigenvalue weighted by Gasteiger charge is 2.29. The Morgan fingerprint density at radius 3 is 2.66 bits per heavy atom. The van der Waals surface area contributed by atoms with E-state index in [1.165, 1.54) is 0 Å². The Morgan fingerprint density at radius 2 is 2.00 bits per heavy atom. The van der Waals surface area contributed by atoms with Crippen LogP contribution in [0.15, 0.2) is 23.5 Å². The van der Waals surface area contributed by atoms with Gasteiger partial charge in [0.1, 0.15) is 0 Å². The zero-order chi connectivity index (χ0) is 20.5. The molecule has 9 heteroatoms. The van der Waals surface area contributed by atoms with Crippen molar-refractivity contribution >= 4 is 17.8 Å². The minimum Gasteiger partial charge on any atom is -0.373 e. The molecule has 29 heavy (non-hydrogen) atoms. The number of piperazine rings is 1. The molecule has 1 atom stereocenters. The van der Waals surface area contributed by atoms with Crippen molar-refractivity contribution in [3.05, 3.63) is 18.5 Å². The van der Waals surface area contributed by atoms with E-state index in [1.54, 1.807) is 12.4 Å². The average Bonchev–Trinajstić information content (AvgIpc) is 3.19. The highest BCUT2D eigenvalue weighted by molar-refractivity contribution is 5.81. The molecule has 1 aromatic heterocycles. The number of hydrogen-bond donors (Lipinski definition) is 2. The Morgan fingerprint density at radius 1 is 1.24 bits per heavy atom. The van der Waals surface area contributed by atoms with Gasteiger partial charge in [-0.15, -0.1) is 0 Å². The molecule has 1 amide bonds. The summed E-state index contributed by atoms with van der Waals surface area (Å²) in [6, 6.07) is 1.81. The minimum atomic E-state index is -0.166. The summed E-state index contributed by atoms with van der Waals surface area (Å²) < 4.78 is 5.80. The SMILES string of the molecule is CCNC(=NCC1(C)CCCO1)NCCC(=O)N1CCN(c2ncccn2)CC1. The number of carbonyl (C=O) groups is 1. The van der Waals surface area contributed by atoms with Gasteiger partial charge in [0.2, 0.25) is 11.9 Å². The summed E-state index contributed by atoms with van der Waals surface area (Å²) in [5.74, 6) is 1.63. The first-order valence-corrected chi connectivity index (χ1v) is 10.6. The van der Waals surface area contributed by atoms with Crippen LogP contribution in [0.1, 0.15) is 33.1 Å². The van der Waals surface area contributed by atoms with Gasteiger partial charge in [0.05, 0.1) is 12.1 Å². The Labute approximate surface area is 172 Å².